The number of hydrazone groups is 1. The Balaban J connectivity index is 1.46. The molecule has 7 heteroatoms. The second-order valence-electron chi connectivity index (χ2n) is 7.72. The summed E-state index contributed by atoms with van der Waals surface area (Å²) < 4.78 is 27.0. The first-order chi connectivity index (χ1) is 15.4. The van der Waals surface area contributed by atoms with Crippen molar-refractivity contribution in [1.29, 1.82) is 0 Å². The predicted molar refractivity (Wildman–Crippen MR) is 126 cm³/mol. The van der Waals surface area contributed by atoms with Gasteiger partial charge in [-0.2, -0.15) is 9.41 Å². The first-order valence-corrected chi connectivity index (χ1v) is 12.0. The van der Waals surface area contributed by atoms with Crippen molar-refractivity contribution in [1.82, 2.24) is 9.73 Å². The van der Waals surface area contributed by atoms with Crippen molar-refractivity contribution in [3.05, 3.63) is 90.0 Å². The topological polar surface area (TPSA) is 78.8 Å². The lowest BCUT2D eigenvalue weighted by molar-refractivity contribution is 0.0954. The highest BCUT2D eigenvalue weighted by molar-refractivity contribution is 7.89. The fourth-order valence-electron chi connectivity index (χ4n) is 3.67. The van der Waals surface area contributed by atoms with E-state index >= 15 is 0 Å². The van der Waals surface area contributed by atoms with E-state index in [0.717, 1.165) is 29.5 Å². The largest absolute Gasteiger partial charge is 0.271 e. The zero-order valence-corrected chi connectivity index (χ0v) is 18.7. The molecule has 1 aliphatic heterocycles. The van der Waals surface area contributed by atoms with Crippen molar-refractivity contribution in [2.75, 3.05) is 13.1 Å². The molecule has 0 aromatic heterocycles. The minimum absolute atomic E-state index is 0.129. The number of amides is 1. The van der Waals surface area contributed by atoms with Crippen LogP contribution in [0, 0.1) is 0 Å². The number of carbonyl (C=O) groups is 1. The third-order valence-electron chi connectivity index (χ3n) is 5.53. The number of nitrogens with one attached hydrogen (secondary N) is 1. The smallest absolute Gasteiger partial charge is 0.267 e. The summed E-state index contributed by atoms with van der Waals surface area (Å²) in [7, 11) is -3.58. The average Bonchev–Trinajstić information content (AvgIpc) is 3.39. The fraction of sp³-hybridized carbons (Fsp3) is 0.200. The van der Waals surface area contributed by atoms with Crippen molar-refractivity contribution in [3.8, 4) is 11.1 Å². The van der Waals surface area contributed by atoms with Gasteiger partial charge in [0.15, 0.2) is 0 Å². The molecule has 0 saturated carbocycles. The Labute approximate surface area is 188 Å². The summed E-state index contributed by atoms with van der Waals surface area (Å²) in [6.45, 7) is 2.85. The minimum atomic E-state index is -3.58. The van der Waals surface area contributed by atoms with Gasteiger partial charge in [0.05, 0.1) is 10.6 Å². The van der Waals surface area contributed by atoms with E-state index in [0.29, 0.717) is 18.8 Å². The molecule has 0 atom stereocenters. The maximum absolute atomic E-state index is 12.8. The molecule has 1 heterocycles. The third kappa shape index (κ3) is 4.79. The Morgan fingerprint density at radius 3 is 2.19 bits per heavy atom. The van der Waals surface area contributed by atoms with Crippen LogP contribution < -0.4 is 5.43 Å². The number of hydrogen-bond donors (Lipinski definition) is 1. The zero-order chi connectivity index (χ0) is 22.6. The molecular formula is C25H25N3O3S. The van der Waals surface area contributed by atoms with Crippen molar-refractivity contribution >= 4 is 21.6 Å². The van der Waals surface area contributed by atoms with Crippen LogP contribution in [0.3, 0.4) is 0 Å². The first kappa shape index (κ1) is 21.9. The molecule has 6 nitrogen and oxygen atoms in total. The molecule has 1 saturated heterocycles. The summed E-state index contributed by atoms with van der Waals surface area (Å²) in [6.07, 6.45) is 1.72. The quantitative estimate of drug-likeness (QED) is 0.452. The van der Waals surface area contributed by atoms with Crippen LogP contribution in [0.4, 0.5) is 0 Å². The minimum Gasteiger partial charge on any atom is -0.267 e. The van der Waals surface area contributed by atoms with Crippen LogP contribution in [0.1, 0.15) is 35.7 Å². The van der Waals surface area contributed by atoms with Gasteiger partial charge in [-0.1, -0.05) is 60.7 Å². The van der Waals surface area contributed by atoms with Crippen LogP contribution in [-0.2, 0) is 10.0 Å². The van der Waals surface area contributed by atoms with E-state index < -0.39 is 15.9 Å². The summed E-state index contributed by atoms with van der Waals surface area (Å²) in [6, 6.07) is 24.1. The monoisotopic (exact) mass is 447 g/mol. The van der Waals surface area contributed by atoms with Crippen molar-refractivity contribution in [3.63, 3.8) is 0 Å². The van der Waals surface area contributed by atoms with Gasteiger partial charge in [0.25, 0.3) is 5.91 Å². The molecule has 0 spiro atoms. The molecule has 1 fully saturated rings. The van der Waals surface area contributed by atoms with Gasteiger partial charge in [0.1, 0.15) is 0 Å². The van der Waals surface area contributed by atoms with E-state index in [-0.39, 0.29) is 10.5 Å². The maximum atomic E-state index is 12.8. The summed E-state index contributed by atoms with van der Waals surface area (Å²) >= 11 is 0. The van der Waals surface area contributed by atoms with E-state index in [4.69, 9.17) is 0 Å². The van der Waals surface area contributed by atoms with Crippen LogP contribution in [-0.4, -0.2) is 37.4 Å². The Morgan fingerprint density at radius 1 is 0.844 bits per heavy atom. The van der Waals surface area contributed by atoms with Gasteiger partial charge in [-0.15, -0.1) is 0 Å². The van der Waals surface area contributed by atoms with Gasteiger partial charge in [-0.05, 0) is 54.7 Å². The summed E-state index contributed by atoms with van der Waals surface area (Å²) in [5.74, 6) is -0.455. The molecule has 3 aromatic rings. The molecule has 32 heavy (non-hydrogen) atoms. The number of nitrogens with zero attached hydrogens (tertiary/aromatic N) is 2. The standard InChI is InChI=1S/C25H25N3O3S/c1-19(20-12-14-22(15-13-20)21-8-3-2-4-9-21)26-27-25(29)23-10-7-11-24(18-23)32(30,31)28-16-5-6-17-28/h2-4,7-15,18H,5-6,16-17H2,1H3,(H,27,29). The summed E-state index contributed by atoms with van der Waals surface area (Å²) in [5, 5.41) is 4.20. The SMILES string of the molecule is CC(=NNC(=O)c1cccc(S(=O)(=O)N2CCCC2)c1)c1ccc(-c2ccccc2)cc1. The Bertz CT molecular complexity index is 1230. The normalized spacial score (nSPS) is 15.0. The van der Waals surface area contributed by atoms with Crippen LogP contribution in [0.25, 0.3) is 11.1 Å². The highest BCUT2D eigenvalue weighted by Gasteiger charge is 2.27. The van der Waals surface area contributed by atoms with Crippen molar-refractivity contribution < 1.29 is 13.2 Å². The highest BCUT2D eigenvalue weighted by Crippen LogP contribution is 2.22. The molecule has 164 valence electrons. The van der Waals surface area contributed by atoms with Crippen molar-refractivity contribution in [2.45, 2.75) is 24.7 Å². The molecule has 0 unspecified atom stereocenters. The average molecular weight is 448 g/mol. The van der Waals surface area contributed by atoms with E-state index in [1.165, 1.54) is 16.4 Å². The molecule has 4 rings (SSSR count). The zero-order valence-electron chi connectivity index (χ0n) is 17.9. The van der Waals surface area contributed by atoms with Crippen LogP contribution in [0.5, 0.6) is 0 Å². The third-order valence-corrected chi connectivity index (χ3v) is 7.43. The molecule has 0 aliphatic carbocycles. The molecule has 1 aliphatic rings. The van der Waals surface area contributed by atoms with Crippen LogP contribution >= 0.6 is 0 Å². The van der Waals surface area contributed by atoms with E-state index in [9.17, 15) is 13.2 Å². The second kappa shape index (κ2) is 9.46. The van der Waals surface area contributed by atoms with E-state index in [2.05, 4.69) is 10.5 Å². The molecule has 1 N–H and O–H groups in total. The Morgan fingerprint density at radius 2 is 1.50 bits per heavy atom. The van der Waals surface area contributed by atoms with Crippen LogP contribution in [0.15, 0.2) is 88.9 Å². The van der Waals surface area contributed by atoms with Crippen molar-refractivity contribution in [2.24, 2.45) is 5.10 Å². The lowest BCUT2D eigenvalue weighted by atomic mass is 10.0. The number of sulfonamides is 1. The van der Waals surface area contributed by atoms with Crippen LogP contribution in [0.2, 0.25) is 0 Å². The van der Waals surface area contributed by atoms with Gasteiger partial charge < -0.3 is 0 Å². The van der Waals surface area contributed by atoms with E-state index in [1.54, 1.807) is 12.1 Å². The lowest BCUT2D eigenvalue weighted by Crippen LogP contribution is -2.28. The number of hydrogen-bond acceptors (Lipinski definition) is 4. The summed E-state index contributed by atoms with van der Waals surface area (Å²) in [4.78, 5) is 12.7. The van der Waals surface area contributed by atoms with Gasteiger partial charge in [0.2, 0.25) is 10.0 Å². The number of carbonyl (C=O) groups excluding carboxylic acids is 1. The maximum Gasteiger partial charge on any atom is 0.271 e. The lowest BCUT2D eigenvalue weighted by Gasteiger charge is -2.15. The molecule has 0 radical (unpaired) electrons. The Kier molecular flexibility index (Phi) is 6.48. The van der Waals surface area contributed by atoms with Gasteiger partial charge in [0, 0.05) is 18.7 Å². The molecule has 3 aromatic carbocycles. The first-order valence-electron chi connectivity index (χ1n) is 10.6. The number of benzene rings is 3. The molecular weight excluding hydrogens is 422 g/mol. The number of rotatable bonds is 6. The molecule has 0 bridgehead atoms. The highest BCUT2D eigenvalue weighted by atomic mass is 32.2. The molecule has 1 amide bonds. The Hall–Kier alpha value is -3.29. The second-order valence-corrected chi connectivity index (χ2v) is 9.66. The predicted octanol–water partition coefficient (Wildman–Crippen LogP) is 4.29. The fourth-order valence-corrected chi connectivity index (χ4v) is 5.24. The van der Waals surface area contributed by atoms with Gasteiger partial charge >= 0.3 is 0 Å². The van der Waals surface area contributed by atoms with E-state index in [1.807, 2.05) is 61.5 Å². The summed E-state index contributed by atoms with van der Waals surface area (Å²) in [5.41, 5.74) is 6.55. The van der Waals surface area contributed by atoms with Gasteiger partial charge in [-0.25, -0.2) is 13.8 Å². The van der Waals surface area contributed by atoms with Gasteiger partial charge in [-0.3, -0.25) is 4.79 Å².